The molecule has 0 saturated carbocycles. The first-order valence-electron chi connectivity index (χ1n) is 5.01. The van der Waals surface area contributed by atoms with Crippen LogP contribution in [0.4, 0.5) is 0 Å². The van der Waals surface area contributed by atoms with Gasteiger partial charge in [-0.25, -0.2) is 8.42 Å². The Bertz CT molecular complexity index is 408. The van der Waals surface area contributed by atoms with E-state index in [4.69, 9.17) is 9.84 Å². The molecule has 0 saturated heterocycles. The summed E-state index contributed by atoms with van der Waals surface area (Å²) in [6.45, 7) is 0.389. The lowest BCUT2D eigenvalue weighted by Gasteiger charge is -2.05. The van der Waals surface area contributed by atoms with Crippen LogP contribution in [0, 0.1) is 0 Å². The van der Waals surface area contributed by atoms with Gasteiger partial charge < -0.3 is 9.84 Å². The average molecular weight is 244 g/mol. The molecule has 1 aromatic carbocycles. The van der Waals surface area contributed by atoms with Crippen LogP contribution in [0.2, 0.25) is 0 Å². The fourth-order valence-electron chi connectivity index (χ4n) is 1.20. The van der Waals surface area contributed by atoms with Crippen molar-refractivity contribution >= 4 is 9.84 Å². The van der Waals surface area contributed by atoms with Crippen molar-refractivity contribution in [2.24, 2.45) is 0 Å². The summed E-state index contributed by atoms with van der Waals surface area (Å²) in [6, 6.07) is 7.05. The second-order valence-corrected chi connectivity index (χ2v) is 5.89. The van der Waals surface area contributed by atoms with E-state index in [-0.39, 0.29) is 12.4 Å². The zero-order valence-corrected chi connectivity index (χ0v) is 10.0. The Morgan fingerprint density at radius 1 is 1.25 bits per heavy atom. The molecule has 1 N–H and O–H groups in total. The number of aliphatic hydroxyl groups is 1. The molecule has 0 aromatic heterocycles. The van der Waals surface area contributed by atoms with E-state index in [0.717, 1.165) is 5.56 Å². The molecular formula is C11H16O4S. The number of rotatable bonds is 6. The van der Waals surface area contributed by atoms with Crippen molar-refractivity contribution in [2.75, 3.05) is 18.6 Å². The predicted molar refractivity (Wildman–Crippen MR) is 62.2 cm³/mol. The quantitative estimate of drug-likeness (QED) is 0.758. The molecule has 0 radical (unpaired) electrons. The SMILES string of the molecule is CS(=O)(=O)CCCOc1ccc(CO)cc1. The fourth-order valence-corrected chi connectivity index (χ4v) is 1.84. The maximum absolute atomic E-state index is 10.8. The molecule has 0 aliphatic rings. The summed E-state index contributed by atoms with van der Waals surface area (Å²) >= 11 is 0. The van der Waals surface area contributed by atoms with Gasteiger partial charge in [-0.1, -0.05) is 12.1 Å². The van der Waals surface area contributed by atoms with E-state index in [2.05, 4.69) is 0 Å². The van der Waals surface area contributed by atoms with Crippen molar-refractivity contribution < 1.29 is 18.3 Å². The van der Waals surface area contributed by atoms with E-state index in [1.807, 2.05) is 0 Å². The van der Waals surface area contributed by atoms with E-state index in [1.165, 1.54) is 6.26 Å². The Balaban J connectivity index is 2.32. The van der Waals surface area contributed by atoms with E-state index >= 15 is 0 Å². The molecule has 4 nitrogen and oxygen atoms in total. The number of hydrogen-bond donors (Lipinski definition) is 1. The molecule has 0 unspecified atom stereocenters. The molecule has 0 aliphatic carbocycles. The Morgan fingerprint density at radius 3 is 2.38 bits per heavy atom. The minimum Gasteiger partial charge on any atom is -0.494 e. The Labute approximate surface area is 95.8 Å². The lowest BCUT2D eigenvalue weighted by molar-refractivity contribution is 0.281. The van der Waals surface area contributed by atoms with Gasteiger partial charge in [-0.05, 0) is 24.1 Å². The molecule has 0 bridgehead atoms. The Morgan fingerprint density at radius 2 is 1.88 bits per heavy atom. The fraction of sp³-hybridized carbons (Fsp3) is 0.455. The maximum Gasteiger partial charge on any atom is 0.147 e. The second-order valence-electron chi connectivity index (χ2n) is 3.63. The topological polar surface area (TPSA) is 63.6 Å². The second kappa shape index (κ2) is 5.86. The molecule has 0 fully saturated rings. The minimum absolute atomic E-state index is 0.00829. The van der Waals surface area contributed by atoms with Crippen LogP contribution in [0.1, 0.15) is 12.0 Å². The van der Waals surface area contributed by atoms with Crippen molar-refractivity contribution in [1.29, 1.82) is 0 Å². The van der Waals surface area contributed by atoms with Gasteiger partial charge in [0.25, 0.3) is 0 Å². The van der Waals surface area contributed by atoms with Gasteiger partial charge in [-0.3, -0.25) is 0 Å². The van der Waals surface area contributed by atoms with Crippen LogP contribution in [0.3, 0.4) is 0 Å². The van der Waals surface area contributed by atoms with Crippen LogP contribution >= 0.6 is 0 Å². The molecule has 0 aliphatic heterocycles. The third kappa shape index (κ3) is 5.14. The number of aliphatic hydroxyl groups excluding tert-OH is 1. The highest BCUT2D eigenvalue weighted by molar-refractivity contribution is 7.90. The molecule has 0 amide bonds. The van der Waals surface area contributed by atoms with Crippen LogP contribution in [0.15, 0.2) is 24.3 Å². The molecule has 0 heterocycles. The first-order chi connectivity index (χ1) is 7.51. The number of benzene rings is 1. The summed E-state index contributed by atoms with van der Waals surface area (Å²) in [4.78, 5) is 0. The van der Waals surface area contributed by atoms with Gasteiger partial charge >= 0.3 is 0 Å². The first kappa shape index (κ1) is 13.0. The highest BCUT2D eigenvalue weighted by atomic mass is 32.2. The van der Waals surface area contributed by atoms with E-state index < -0.39 is 9.84 Å². The van der Waals surface area contributed by atoms with Gasteiger partial charge in [0.2, 0.25) is 0 Å². The highest BCUT2D eigenvalue weighted by Gasteiger charge is 2.01. The molecule has 16 heavy (non-hydrogen) atoms. The number of sulfone groups is 1. The average Bonchev–Trinajstić information content (AvgIpc) is 2.24. The van der Waals surface area contributed by atoms with Gasteiger partial charge in [0, 0.05) is 6.26 Å². The van der Waals surface area contributed by atoms with E-state index in [1.54, 1.807) is 24.3 Å². The molecule has 0 atom stereocenters. The Hall–Kier alpha value is -1.07. The van der Waals surface area contributed by atoms with Gasteiger partial charge in [-0.15, -0.1) is 0 Å². The minimum atomic E-state index is -2.90. The summed E-state index contributed by atoms with van der Waals surface area (Å²) in [6.07, 6.45) is 1.70. The molecule has 0 spiro atoms. The molecule has 1 aromatic rings. The number of ether oxygens (including phenoxy) is 1. The lowest BCUT2D eigenvalue weighted by atomic mass is 10.2. The van der Waals surface area contributed by atoms with Gasteiger partial charge in [0.05, 0.1) is 19.0 Å². The highest BCUT2D eigenvalue weighted by Crippen LogP contribution is 2.12. The number of hydrogen-bond acceptors (Lipinski definition) is 4. The monoisotopic (exact) mass is 244 g/mol. The van der Waals surface area contributed by atoms with E-state index in [0.29, 0.717) is 18.8 Å². The normalized spacial score (nSPS) is 11.4. The third-order valence-corrected chi connectivity index (χ3v) is 3.06. The third-order valence-electron chi connectivity index (χ3n) is 2.03. The molecule has 5 heteroatoms. The molecular weight excluding hydrogens is 228 g/mol. The Kier molecular flexibility index (Phi) is 4.76. The zero-order chi connectivity index (χ0) is 12.0. The van der Waals surface area contributed by atoms with Crippen molar-refractivity contribution in [3.8, 4) is 5.75 Å². The summed E-state index contributed by atoms with van der Waals surface area (Å²) in [7, 11) is -2.90. The largest absolute Gasteiger partial charge is 0.494 e. The van der Waals surface area contributed by atoms with Crippen LogP contribution < -0.4 is 4.74 Å². The van der Waals surface area contributed by atoms with E-state index in [9.17, 15) is 8.42 Å². The molecule has 90 valence electrons. The van der Waals surface area contributed by atoms with Gasteiger partial charge in [0.1, 0.15) is 15.6 Å². The van der Waals surface area contributed by atoms with Crippen LogP contribution in [0.25, 0.3) is 0 Å². The van der Waals surface area contributed by atoms with Gasteiger partial charge in [0.15, 0.2) is 0 Å². The maximum atomic E-state index is 10.8. The van der Waals surface area contributed by atoms with Crippen LogP contribution in [-0.4, -0.2) is 32.1 Å². The lowest BCUT2D eigenvalue weighted by Crippen LogP contribution is -2.07. The van der Waals surface area contributed by atoms with Crippen molar-refractivity contribution in [2.45, 2.75) is 13.0 Å². The standard InChI is InChI=1S/C11H16O4S/c1-16(13,14)8-2-7-15-11-5-3-10(9-12)4-6-11/h3-6,12H,2,7-9H2,1H3. The van der Waals surface area contributed by atoms with Gasteiger partial charge in [-0.2, -0.15) is 0 Å². The van der Waals surface area contributed by atoms with Crippen molar-refractivity contribution in [3.05, 3.63) is 29.8 Å². The molecule has 1 rings (SSSR count). The van der Waals surface area contributed by atoms with Crippen molar-refractivity contribution in [1.82, 2.24) is 0 Å². The van der Waals surface area contributed by atoms with Crippen molar-refractivity contribution in [3.63, 3.8) is 0 Å². The summed E-state index contributed by atoms with van der Waals surface area (Å²) in [5, 5.41) is 8.82. The zero-order valence-electron chi connectivity index (χ0n) is 9.22. The smallest absolute Gasteiger partial charge is 0.147 e. The predicted octanol–water partition coefficient (Wildman–Crippen LogP) is 0.992. The summed E-state index contributed by atoms with van der Waals surface area (Å²) < 4.78 is 27.0. The summed E-state index contributed by atoms with van der Waals surface area (Å²) in [5.74, 6) is 0.826. The van der Waals surface area contributed by atoms with Crippen LogP contribution in [-0.2, 0) is 16.4 Å². The summed E-state index contributed by atoms with van der Waals surface area (Å²) in [5.41, 5.74) is 0.823. The first-order valence-corrected chi connectivity index (χ1v) is 7.07. The van der Waals surface area contributed by atoms with Crippen LogP contribution in [0.5, 0.6) is 5.75 Å².